The van der Waals surface area contributed by atoms with Crippen molar-refractivity contribution in [3.05, 3.63) is 101 Å². The second-order valence-corrected chi connectivity index (χ2v) is 7.45. The number of halogens is 1. The lowest BCUT2D eigenvalue weighted by Gasteiger charge is -2.30. The molecule has 3 aromatic rings. The molecule has 4 rings (SSSR count). The number of benzene rings is 3. The number of hydrogen-bond acceptors (Lipinski definition) is 4. The van der Waals surface area contributed by atoms with Gasteiger partial charge in [-0.15, -0.1) is 0 Å². The molecule has 2 amide bonds. The molecule has 0 bridgehead atoms. The number of nitrogens with zero attached hydrogens (tertiary/aromatic N) is 1. The molecule has 0 radical (unpaired) electrons. The van der Waals surface area contributed by atoms with Crippen LogP contribution in [0.3, 0.4) is 0 Å². The topological polar surface area (TPSA) is 79.8 Å². The molecule has 2 atom stereocenters. The van der Waals surface area contributed by atoms with Crippen LogP contribution < -0.4 is 15.4 Å². The van der Waals surface area contributed by atoms with Gasteiger partial charge in [0.1, 0.15) is 23.7 Å². The zero-order valence-corrected chi connectivity index (χ0v) is 17.5. The highest BCUT2D eigenvalue weighted by atomic mass is 35.5. The van der Waals surface area contributed by atoms with Gasteiger partial charge in [-0.1, -0.05) is 41.9 Å². The van der Waals surface area contributed by atoms with Crippen LogP contribution in [-0.2, 0) is 4.79 Å². The van der Waals surface area contributed by atoms with E-state index in [2.05, 4.69) is 10.6 Å². The predicted octanol–water partition coefficient (Wildman–Crippen LogP) is 3.76. The van der Waals surface area contributed by atoms with E-state index in [0.717, 1.165) is 11.1 Å². The highest BCUT2D eigenvalue weighted by Gasteiger charge is 2.36. The van der Waals surface area contributed by atoms with E-state index >= 15 is 0 Å². The summed E-state index contributed by atoms with van der Waals surface area (Å²) in [5.74, 6) is 0.429. The third-order valence-electron chi connectivity index (χ3n) is 5.01. The van der Waals surface area contributed by atoms with Crippen LogP contribution in [0.1, 0.15) is 27.5 Å². The van der Waals surface area contributed by atoms with Gasteiger partial charge >= 0.3 is 0 Å². The first-order chi connectivity index (χ1) is 15.0. The maximum atomic E-state index is 13.1. The van der Waals surface area contributed by atoms with Gasteiger partial charge in [-0.05, 0) is 54.1 Å². The Morgan fingerprint density at radius 3 is 2.32 bits per heavy atom. The van der Waals surface area contributed by atoms with Crippen molar-refractivity contribution < 1.29 is 14.3 Å². The van der Waals surface area contributed by atoms with Crippen molar-refractivity contribution in [3.8, 4) is 5.75 Å². The molecule has 2 N–H and O–H groups in total. The molecule has 0 unspecified atom stereocenters. The number of nitrogens with one attached hydrogen (secondary N) is 2. The summed E-state index contributed by atoms with van der Waals surface area (Å²) in [5.41, 5.74) is 1.97. The van der Waals surface area contributed by atoms with Gasteiger partial charge in [-0.2, -0.15) is 0 Å². The van der Waals surface area contributed by atoms with E-state index < -0.39 is 12.1 Å². The van der Waals surface area contributed by atoms with Gasteiger partial charge in [-0.3, -0.25) is 14.6 Å². The Balaban J connectivity index is 1.70. The molecule has 156 valence electrons. The van der Waals surface area contributed by atoms with Crippen molar-refractivity contribution in [2.45, 2.75) is 12.1 Å². The van der Waals surface area contributed by atoms with Crippen LogP contribution in [0.15, 0.2) is 83.9 Å². The van der Waals surface area contributed by atoms with Crippen LogP contribution in [0.2, 0.25) is 5.02 Å². The largest absolute Gasteiger partial charge is 0.497 e. The summed E-state index contributed by atoms with van der Waals surface area (Å²) >= 11 is 5.98. The highest BCUT2D eigenvalue weighted by Crippen LogP contribution is 2.28. The number of aliphatic imine (C=N–C) groups is 1. The molecule has 0 fully saturated rings. The fourth-order valence-corrected chi connectivity index (χ4v) is 3.49. The van der Waals surface area contributed by atoms with Crippen LogP contribution >= 0.6 is 11.6 Å². The van der Waals surface area contributed by atoms with Gasteiger partial charge < -0.3 is 15.4 Å². The Morgan fingerprint density at radius 1 is 1.00 bits per heavy atom. The smallest absolute Gasteiger partial charge is 0.252 e. The summed E-state index contributed by atoms with van der Waals surface area (Å²) in [4.78, 5) is 30.6. The number of ether oxygens (including phenoxy) is 1. The minimum Gasteiger partial charge on any atom is -0.497 e. The van der Waals surface area contributed by atoms with Crippen LogP contribution in [0.4, 0.5) is 0 Å². The molecule has 0 spiro atoms. The minimum atomic E-state index is -0.878. The lowest BCUT2D eigenvalue weighted by Crippen LogP contribution is -2.54. The van der Waals surface area contributed by atoms with E-state index in [9.17, 15) is 9.59 Å². The molecule has 0 saturated carbocycles. The molecular formula is C24H20ClN3O3. The van der Waals surface area contributed by atoms with Gasteiger partial charge in [0.15, 0.2) is 0 Å². The van der Waals surface area contributed by atoms with Gasteiger partial charge in [0.2, 0.25) is 0 Å². The van der Waals surface area contributed by atoms with Crippen molar-refractivity contribution in [2.75, 3.05) is 7.11 Å². The number of amidine groups is 1. The Hall–Kier alpha value is -3.64. The summed E-state index contributed by atoms with van der Waals surface area (Å²) in [6.07, 6.45) is 0. The molecule has 0 aromatic heterocycles. The van der Waals surface area contributed by atoms with Gasteiger partial charge in [0, 0.05) is 16.1 Å². The van der Waals surface area contributed by atoms with Crippen molar-refractivity contribution in [1.82, 2.24) is 10.6 Å². The number of amides is 2. The summed E-state index contributed by atoms with van der Waals surface area (Å²) in [6, 6.07) is 21.6. The first-order valence-electron chi connectivity index (χ1n) is 9.69. The molecule has 1 aliphatic heterocycles. The fourth-order valence-electron chi connectivity index (χ4n) is 3.36. The molecule has 3 aromatic carbocycles. The third kappa shape index (κ3) is 4.59. The van der Waals surface area contributed by atoms with Crippen molar-refractivity contribution >= 4 is 29.3 Å². The summed E-state index contributed by atoms with van der Waals surface area (Å²) in [6.45, 7) is 0. The molecule has 0 aliphatic carbocycles. The molecular weight excluding hydrogens is 414 g/mol. The molecule has 0 saturated heterocycles. The SMILES string of the molecule is COc1ccc([C@@H]2N=C(c3ccc(Cl)cc3)NC(=O)[C@H]2NC(=O)c2ccccc2)cc1. The van der Waals surface area contributed by atoms with E-state index in [1.54, 1.807) is 67.8 Å². The summed E-state index contributed by atoms with van der Waals surface area (Å²) in [5, 5.41) is 6.23. The van der Waals surface area contributed by atoms with Crippen molar-refractivity contribution in [3.63, 3.8) is 0 Å². The monoisotopic (exact) mass is 433 g/mol. The Labute approximate surface area is 184 Å². The lowest BCUT2D eigenvalue weighted by molar-refractivity contribution is -0.122. The van der Waals surface area contributed by atoms with E-state index in [1.165, 1.54) is 0 Å². The first kappa shape index (κ1) is 20.6. The first-order valence-corrected chi connectivity index (χ1v) is 10.1. The number of carbonyl (C=O) groups is 2. The molecule has 31 heavy (non-hydrogen) atoms. The fraction of sp³-hybridized carbons (Fsp3) is 0.125. The second-order valence-electron chi connectivity index (χ2n) is 7.01. The Morgan fingerprint density at radius 2 is 1.68 bits per heavy atom. The number of hydrogen-bond donors (Lipinski definition) is 2. The van der Waals surface area contributed by atoms with E-state index in [1.807, 2.05) is 18.2 Å². The Kier molecular flexibility index (Phi) is 6.00. The van der Waals surface area contributed by atoms with E-state index in [0.29, 0.717) is 22.2 Å². The third-order valence-corrected chi connectivity index (χ3v) is 5.26. The molecule has 1 heterocycles. The van der Waals surface area contributed by atoms with Crippen molar-refractivity contribution in [2.24, 2.45) is 4.99 Å². The van der Waals surface area contributed by atoms with E-state index in [4.69, 9.17) is 21.3 Å². The maximum absolute atomic E-state index is 13.1. The van der Waals surface area contributed by atoms with Crippen LogP contribution in [0.5, 0.6) is 5.75 Å². The number of rotatable bonds is 5. The standard InChI is InChI=1S/C24H20ClN3O3/c1-31-19-13-9-15(10-14-19)20-21(27-23(29)17-5-3-2-4-6-17)24(30)28-22(26-20)16-7-11-18(25)12-8-16/h2-14,20-21H,1H3,(H,27,29)(H,26,28,30)/t20-,21-/m0/s1. The van der Waals surface area contributed by atoms with Crippen molar-refractivity contribution in [1.29, 1.82) is 0 Å². The zero-order valence-electron chi connectivity index (χ0n) is 16.7. The normalized spacial score (nSPS) is 18.0. The van der Waals surface area contributed by atoms with Gasteiger partial charge in [0.25, 0.3) is 11.8 Å². The average molecular weight is 434 g/mol. The maximum Gasteiger partial charge on any atom is 0.252 e. The average Bonchev–Trinajstić information content (AvgIpc) is 2.81. The van der Waals surface area contributed by atoms with Gasteiger partial charge in [-0.25, -0.2) is 0 Å². The minimum absolute atomic E-state index is 0.343. The number of methoxy groups -OCH3 is 1. The van der Waals surface area contributed by atoms with Crippen LogP contribution in [-0.4, -0.2) is 30.8 Å². The molecule has 7 heteroatoms. The quantitative estimate of drug-likeness (QED) is 0.642. The molecule has 6 nitrogen and oxygen atoms in total. The highest BCUT2D eigenvalue weighted by molar-refractivity contribution is 6.30. The summed E-state index contributed by atoms with van der Waals surface area (Å²) in [7, 11) is 1.59. The van der Waals surface area contributed by atoms with Crippen LogP contribution in [0, 0.1) is 0 Å². The van der Waals surface area contributed by atoms with Crippen LogP contribution in [0.25, 0.3) is 0 Å². The zero-order chi connectivity index (χ0) is 21.8. The lowest BCUT2D eigenvalue weighted by atomic mass is 9.96. The second kappa shape index (κ2) is 9.02. The summed E-state index contributed by atoms with van der Waals surface area (Å²) < 4.78 is 5.23. The Bertz CT molecular complexity index is 1110. The predicted molar refractivity (Wildman–Crippen MR) is 120 cm³/mol. The van der Waals surface area contributed by atoms with E-state index in [-0.39, 0.29) is 11.8 Å². The van der Waals surface area contributed by atoms with Gasteiger partial charge in [0.05, 0.1) is 7.11 Å². The molecule has 1 aliphatic rings. The number of carbonyl (C=O) groups excluding carboxylic acids is 2.